The van der Waals surface area contributed by atoms with Crippen LogP contribution in [0.15, 0.2) is 23.1 Å². The van der Waals surface area contributed by atoms with Crippen LogP contribution in [0.4, 0.5) is 0 Å². The number of aliphatic hydroxyl groups excluding tert-OH is 1. The van der Waals surface area contributed by atoms with E-state index in [-0.39, 0.29) is 0 Å². The molecule has 0 saturated carbocycles. The molecule has 0 heterocycles. The van der Waals surface area contributed by atoms with Crippen molar-refractivity contribution in [3.05, 3.63) is 29.3 Å². The van der Waals surface area contributed by atoms with Crippen molar-refractivity contribution in [3.8, 4) is 0 Å². The van der Waals surface area contributed by atoms with E-state index in [1.165, 1.54) is 34.6 Å². The van der Waals surface area contributed by atoms with Crippen molar-refractivity contribution >= 4 is 11.8 Å². The summed E-state index contributed by atoms with van der Waals surface area (Å²) in [6.45, 7) is 4.64. The molecule has 0 aliphatic rings. The minimum atomic E-state index is 0.338. The number of aryl methyl sites for hydroxylation is 2. The molecule has 2 heteroatoms. The first kappa shape index (κ1) is 13.6. The van der Waals surface area contributed by atoms with Gasteiger partial charge in [0.15, 0.2) is 0 Å². The van der Waals surface area contributed by atoms with E-state index in [0.717, 1.165) is 12.8 Å². The third-order valence-electron chi connectivity index (χ3n) is 2.52. The summed E-state index contributed by atoms with van der Waals surface area (Å²) >= 11 is 1.94. The maximum Gasteiger partial charge on any atom is 0.0431 e. The molecule has 0 bridgehead atoms. The molecule has 0 radical (unpaired) electrons. The molecule has 0 atom stereocenters. The summed E-state index contributed by atoms with van der Waals surface area (Å²) in [5.74, 6) is 1.19. The summed E-state index contributed by atoms with van der Waals surface area (Å²) in [5.41, 5.74) is 2.70. The van der Waals surface area contributed by atoms with Crippen LogP contribution in [-0.2, 0) is 0 Å². The van der Waals surface area contributed by atoms with E-state index in [1.54, 1.807) is 0 Å². The molecule has 0 amide bonds. The van der Waals surface area contributed by atoms with Gasteiger partial charge in [0.2, 0.25) is 0 Å². The molecule has 0 aliphatic heterocycles. The molecule has 16 heavy (non-hydrogen) atoms. The number of aliphatic hydroxyl groups is 1. The summed E-state index contributed by atoms with van der Waals surface area (Å²) in [6, 6.07) is 6.72. The minimum absolute atomic E-state index is 0.338. The van der Waals surface area contributed by atoms with Gasteiger partial charge in [0.25, 0.3) is 0 Å². The molecule has 1 nitrogen and oxygen atoms in total. The minimum Gasteiger partial charge on any atom is -0.396 e. The summed E-state index contributed by atoms with van der Waals surface area (Å²) in [5, 5.41) is 8.66. The molecule has 1 aromatic carbocycles. The Morgan fingerprint density at radius 2 is 1.56 bits per heavy atom. The van der Waals surface area contributed by atoms with Gasteiger partial charge in [-0.1, -0.05) is 18.9 Å². The van der Waals surface area contributed by atoms with Gasteiger partial charge in [-0.05, 0) is 55.7 Å². The Hall–Kier alpha value is -0.470. The summed E-state index contributed by atoms with van der Waals surface area (Å²) < 4.78 is 0. The van der Waals surface area contributed by atoms with Crippen LogP contribution in [0.25, 0.3) is 0 Å². The Kier molecular flexibility index (Phi) is 6.58. The van der Waals surface area contributed by atoms with Gasteiger partial charge in [0.1, 0.15) is 0 Å². The number of hydrogen-bond acceptors (Lipinski definition) is 2. The SMILES string of the molecule is Cc1cc(C)cc(SCCCCCCO)c1. The smallest absolute Gasteiger partial charge is 0.0431 e. The van der Waals surface area contributed by atoms with Crippen molar-refractivity contribution in [3.63, 3.8) is 0 Å². The quantitative estimate of drug-likeness (QED) is 0.573. The zero-order chi connectivity index (χ0) is 11.8. The first-order valence-electron chi connectivity index (χ1n) is 6.04. The largest absolute Gasteiger partial charge is 0.396 e. The summed E-state index contributed by atoms with van der Waals surface area (Å²) in [6.07, 6.45) is 4.59. The van der Waals surface area contributed by atoms with Crippen LogP contribution in [0.2, 0.25) is 0 Å². The molecule has 0 aromatic heterocycles. The Bertz CT molecular complexity index is 289. The van der Waals surface area contributed by atoms with E-state index in [4.69, 9.17) is 5.11 Å². The fourth-order valence-electron chi connectivity index (χ4n) is 1.77. The van der Waals surface area contributed by atoms with Gasteiger partial charge in [0, 0.05) is 11.5 Å². The van der Waals surface area contributed by atoms with Crippen molar-refractivity contribution in [2.24, 2.45) is 0 Å². The van der Waals surface area contributed by atoms with Crippen LogP contribution in [0, 0.1) is 13.8 Å². The maximum atomic E-state index is 8.66. The number of unbranched alkanes of at least 4 members (excludes halogenated alkanes) is 3. The van der Waals surface area contributed by atoms with Crippen molar-refractivity contribution in [1.29, 1.82) is 0 Å². The molecule has 0 spiro atoms. The first-order chi connectivity index (χ1) is 7.72. The second kappa shape index (κ2) is 7.75. The fourth-order valence-corrected chi connectivity index (χ4v) is 2.90. The van der Waals surface area contributed by atoms with Gasteiger partial charge in [-0.15, -0.1) is 11.8 Å². The molecule has 0 fully saturated rings. The summed E-state index contributed by atoms with van der Waals surface area (Å²) in [4.78, 5) is 1.39. The van der Waals surface area contributed by atoms with E-state index in [1.807, 2.05) is 11.8 Å². The Balaban J connectivity index is 2.21. The Labute approximate surface area is 103 Å². The standard InChI is InChI=1S/C14H22OS/c1-12-9-13(2)11-14(10-12)16-8-6-4-3-5-7-15/h9-11,15H,3-8H2,1-2H3. The number of benzene rings is 1. The second-order valence-electron chi connectivity index (χ2n) is 4.31. The lowest BCUT2D eigenvalue weighted by Crippen LogP contribution is -1.86. The van der Waals surface area contributed by atoms with Gasteiger partial charge in [-0.3, -0.25) is 0 Å². The number of hydrogen-bond donors (Lipinski definition) is 1. The van der Waals surface area contributed by atoms with E-state index in [2.05, 4.69) is 32.0 Å². The molecule has 0 aliphatic carbocycles. The van der Waals surface area contributed by atoms with Crippen LogP contribution in [0.5, 0.6) is 0 Å². The number of rotatable bonds is 7. The van der Waals surface area contributed by atoms with Crippen LogP contribution >= 0.6 is 11.8 Å². The molecular weight excluding hydrogens is 216 g/mol. The van der Waals surface area contributed by atoms with E-state index >= 15 is 0 Å². The maximum absolute atomic E-state index is 8.66. The lowest BCUT2D eigenvalue weighted by molar-refractivity contribution is 0.283. The van der Waals surface area contributed by atoms with Crippen molar-refractivity contribution in [2.45, 2.75) is 44.4 Å². The van der Waals surface area contributed by atoms with Gasteiger partial charge in [0.05, 0.1) is 0 Å². The highest BCUT2D eigenvalue weighted by Crippen LogP contribution is 2.22. The predicted molar refractivity (Wildman–Crippen MR) is 72.2 cm³/mol. The lowest BCUT2D eigenvalue weighted by atomic mass is 10.2. The predicted octanol–water partition coefficient (Wildman–Crippen LogP) is 3.95. The van der Waals surface area contributed by atoms with Crippen molar-refractivity contribution in [1.82, 2.24) is 0 Å². The van der Waals surface area contributed by atoms with Crippen LogP contribution in [-0.4, -0.2) is 17.5 Å². The van der Waals surface area contributed by atoms with Crippen LogP contribution < -0.4 is 0 Å². The van der Waals surface area contributed by atoms with Gasteiger partial charge in [-0.2, -0.15) is 0 Å². The number of thioether (sulfide) groups is 1. The molecule has 1 rings (SSSR count). The van der Waals surface area contributed by atoms with Crippen LogP contribution in [0.3, 0.4) is 0 Å². The molecule has 1 N–H and O–H groups in total. The van der Waals surface area contributed by atoms with E-state index in [0.29, 0.717) is 6.61 Å². The third kappa shape index (κ3) is 5.57. The van der Waals surface area contributed by atoms with Gasteiger partial charge in [-0.25, -0.2) is 0 Å². The summed E-state index contributed by atoms with van der Waals surface area (Å²) in [7, 11) is 0. The van der Waals surface area contributed by atoms with Crippen LogP contribution in [0.1, 0.15) is 36.8 Å². The third-order valence-corrected chi connectivity index (χ3v) is 3.58. The molecule has 0 saturated heterocycles. The topological polar surface area (TPSA) is 20.2 Å². The van der Waals surface area contributed by atoms with Gasteiger partial charge < -0.3 is 5.11 Å². The zero-order valence-corrected chi connectivity index (χ0v) is 11.1. The first-order valence-corrected chi connectivity index (χ1v) is 7.03. The Morgan fingerprint density at radius 1 is 0.938 bits per heavy atom. The van der Waals surface area contributed by atoms with Gasteiger partial charge >= 0.3 is 0 Å². The fraction of sp³-hybridized carbons (Fsp3) is 0.571. The molecule has 90 valence electrons. The lowest BCUT2D eigenvalue weighted by Gasteiger charge is -2.04. The average Bonchev–Trinajstić information content (AvgIpc) is 2.22. The monoisotopic (exact) mass is 238 g/mol. The highest BCUT2D eigenvalue weighted by atomic mass is 32.2. The van der Waals surface area contributed by atoms with E-state index in [9.17, 15) is 0 Å². The molecular formula is C14H22OS. The highest BCUT2D eigenvalue weighted by molar-refractivity contribution is 7.99. The highest BCUT2D eigenvalue weighted by Gasteiger charge is 1.97. The Morgan fingerprint density at radius 3 is 2.19 bits per heavy atom. The second-order valence-corrected chi connectivity index (χ2v) is 5.48. The average molecular weight is 238 g/mol. The van der Waals surface area contributed by atoms with E-state index < -0.39 is 0 Å². The van der Waals surface area contributed by atoms with Crippen molar-refractivity contribution in [2.75, 3.05) is 12.4 Å². The normalized spacial score (nSPS) is 10.7. The van der Waals surface area contributed by atoms with Crippen molar-refractivity contribution < 1.29 is 5.11 Å². The zero-order valence-electron chi connectivity index (χ0n) is 10.3. The molecule has 0 unspecified atom stereocenters. The molecule has 1 aromatic rings.